The number of allylic oxidation sites excluding steroid dienone is 1. The number of hydrogen-bond donors (Lipinski definition) is 1. The van der Waals surface area contributed by atoms with Gasteiger partial charge in [0.05, 0.1) is 15.8 Å². The molecule has 0 radical (unpaired) electrons. The van der Waals surface area contributed by atoms with Gasteiger partial charge in [0.25, 0.3) is 0 Å². The zero-order chi connectivity index (χ0) is 15.8. The summed E-state index contributed by atoms with van der Waals surface area (Å²) in [5.41, 5.74) is 2.58. The van der Waals surface area contributed by atoms with Gasteiger partial charge in [0.2, 0.25) is 5.91 Å². The Bertz CT molecular complexity index is 545. The zero-order valence-electron chi connectivity index (χ0n) is 12.5. The molecule has 1 aliphatic rings. The molecule has 0 saturated carbocycles. The van der Waals surface area contributed by atoms with Crippen molar-refractivity contribution in [3.63, 3.8) is 0 Å². The van der Waals surface area contributed by atoms with Crippen LogP contribution in [-0.4, -0.2) is 18.2 Å². The van der Waals surface area contributed by atoms with Crippen molar-refractivity contribution < 1.29 is 4.79 Å². The highest BCUT2D eigenvalue weighted by atomic mass is 35.5. The van der Waals surface area contributed by atoms with Crippen LogP contribution in [0.15, 0.2) is 29.8 Å². The van der Waals surface area contributed by atoms with Crippen LogP contribution in [0.3, 0.4) is 0 Å². The lowest BCUT2D eigenvalue weighted by Gasteiger charge is -2.12. The van der Waals surface area contributed by atoms with Crippen LogP contribution in [0.2, 0.25) is 10.0 Å². The molecule has 5 heteroatoms. The molecular formula is C17H21Cl2NOS. The first-order chi connectivity index (χ1) is 10.6. The molecule has 1 aromatic carbocycles. The molecule has 0 aliphatic heterocycles. The average Bonchev–Trinajstić information content (AvgIpc) is 2.52. The van der Waals surface area contributed by atoms with E-state index in [1.54, 1.807) is 17.8 Å². The Labute approximate surface area is 146 Å². The van der Waals surface area contributed by atoms with Crippen LogP contribution < -0.4 is 5.32 Å². The highest BCUT2D eigenvalue weighted by Gasteiger charge is 2.06. The minimum Gasteiger partial charge on any atom is -0.355 e. The highest BCUT2D eigenvalue weighted by Crippen LogP contribution is 2.24. The Morgan fingerprint density at radius 3 is 2.82 bits per heavy atom. The summed E-state index contributed by atoms with van der Waals surface area (Å²) in [5, 5.41) is 4.11. The number of amides is 1. The Kier molecular flexibility index (Phi) is 7.64. The smallest absolute Gasteiger partial charge is 0.230 e. The van der Waals surface area contributed by atoms with E-state index in [2.05, 4.69) is 11.4 Å². The van der Waals surface area contributed by atoms with Crippen molar-refractivity contribution >= 4 is 40.9 Å². The van der Waals surface area contributed by atoms with Gasteiger partial charge in [-0.2, -0.15) is 0 Å². The van der Waals surface area contributed by atoms with E-state index in [-0.39, 0.29) is 5.91 Å². The standard InChI is InChI=1S/C17H21Cl2NOS/c18-15-7-6-14(10-16(15)19)11-22-12-17(21)20-9-8-13-4-2-1-3-5-13/h4,6-7,10H,1-3,5,8-9,11-12H2,(H,20,21). The molecule has 1 aromatic rings. The van der Waals surface area contributed by atoms with E-state index in [9.17, 15) is 4.79 Å². The van der Waals surface area contributed by atoms with Crippen molar-refractivity contribution in [1.82, 2.24) is 5.32 Å². The van der Waals surface area contributed by atoms with Crippen molar-refractivity contribution in [2.75, 3.05) is 12.3 Å². The molecule has 0 bridgehead atoms. The van der Waals surface area contributed by atoms with Gasteiger partial charge in [0, 0.05) is 12.3 Å². The number of hydrogen-bond acceptors (Lipinski definition) is 2. The third-order valence-electron chi connectivity index (χ3n) is 3.64. The fraction of sp³-hybridized carbons (Fsp3) is 0.471. The maximum Gasteiger partial charge on any atom is 0.230 e. The Balaban J connectivity index is 1.61. The predicted molar refractivity (Wildman–Crippen MR) is 96.8 cm³/mol. The van der Waals surface area contributed by atoms with Crippen LogP contribution >= 0.6 is 35.0 Å². The van der Waals surface area contributed by atoms with E-state index in [0.717, 1.165) is 24.3 Å². The van der Waals surface area contributed by atoms with Gasteiger partial charge in [-0.15, -0.1) is 11.8 Å². The molecular weight excluding hydrogens is 337 g/mol. The molecule has 0 atom stereocenters. The summed E-state index contributed by atoms with van der Waals surface area (Å²) in [6.45, 7) is 0.748. The normalized spacial score (nSPS) is 14.5. The maximum absolute atomic E-state index is 11.8. The number of carbonyl (C=O) groups excluding carboxylic acids is 1. The molecule has 22 heavy (non-hydrogen) atoms. The van der Waals surface area contributed by atoms with Crippen LogP contribution in [0, 0.1) is 0 Å². The monoisotopic (exact) mass is 357 g/mol. The van der Waals surface area contributed by atoms with Gasteiger partial charge >= 0.3 is 0 Å². The van der Waals surface area contributed by atoms with Gasteiger partial charge in [-0.3, -0.25) is 4.79 Å². The molecule has 0 spiro atoms. The maximum atomic E-state index is 11.8. The van der Waals surface area contributed by atoms with E-state index in [1.165, 1.54) is 31.3 Å². The van der Waals surface area contributed by atoms with Crippen LogP contribution in [-0.2, 0) is 10.5 Å². The van der Waals surface area contributed by atoms with Crippen molar-refractivity contribution in [1.29, 1.82) is 0 Å². The second-order valence-electron chi connectivity index (χ2n) is 5.45. The molecule has 0 fully saturated rings. The number of thioether (sulfide) groups is 1. The lowest BCUT2D eigenvalue weighted by molar-refractivity contribution is -0.118. The highest BCUT2D eigenvalue weighted by molar-refractivity contribution is 7.99. The summed E-state index contributed by atoms with van der Waals surface area (Å²) in [6, 6.07) is 5.58. The Hall–Kier alpha value is -0.640. The molecule has 120 valence electrons. The molecule has 0 heterocycles. The summed E-state index contributed by atoms with van der Waals surface area (Å²) in [7, 11) is 0. The van der Waals surface area contributed by atoms with Crippen LogP contribution in [0.4, 0.5) is 0 Å². The van der Waals surface area contributed by atoms with E-state index in [1.807, 2.05) is 12.1 Å². The number of carbonyl (C=O) groups is 1. The SMILES string of the molecule is O=C(CSCc1ccc(Cl)c(Cl)c1)NCCC1=CCCCC1. The number of rotatable bonds is 7. The van der Waals surface area contributed by atoms with Crippen LogP contribution in [0.25, 0.3) is 0 Å². The third kappa shape index (κ3) is 6.23. The summed E-state index contributed by atoms with van der Waals surface area (Å²) < 4.78 is 0. The van der Waals surface area contributed by atoms with Gasteiger partial charge in [0.15, 0.2) is 0 Å². The second-order valence-corrected chi connectivity index (χ2v) is 7.25. The first-order valence-electron chi connectivity index (χ1n) is 7.61. The van der Waals surface area contributed by atoms with Gasteiger partial charge in [-0.25, -0.2) is 0 Å². The van der Waals surface area contributed by atoms with Crippen molar-refractivity contribution in [2.24, 2.45) is 0 Å². The predicted octanol–water partition coefficient (Wildman–Crippen LogP) is 5.23. The molecule has 2 nitrogen and oxygen atoms in total. The van der Waals surface area contributed by atoms with Gasteiger partial charge in [-0.1, -0.05) is 40.9 Å². The lowest BCUT2D eigenvalue weighted by atomic mass is 9.97. The van der Waals surface area contributed by atoms with Crippen LogP contribution in [0.5, 0.6) is 0 Å². The molecule has 1 amide bonds. The Morgan fingerprint density at radius 1 is 1.23 bits per heavy atom. The molecule has 1 aliphatic carbocycles. The van der Waals surface area contributed by atoms with Crippen molar-refractivity contribution in [3.05, 3.63) is 45.5 Å². The summed E-state index contributed by atoms with van der Waals surface area (Å²) in [6.07, 6.45) is 8.31. The molecule has 0 aromatic heterocycles. The quantitative estimate of drug-likeness (QED) is 0.676. The molecule has 0 saturated heterocycles. The summed E-state index contributed by atoms with van der Waals surface area (Å²) in [5.74, 6) is 1.33. The van der Waals surface area contributed by atoms with Gasteiger partial charge < -0.3 is 5.32 Å². The molecule has 2 rings (SSSR count). The van der Waals surface area contributed by atoms with Gasteiger partial charge in [-0.05, 0) is 49.8 Å². The Morgan fingerprint density at radius 2 is 2.09 bits per heavy atom. The first-order valence-corrected chi connectivity index (χ1v) is 9.52. The number of nitrogens with one attached hydrogen (secondary N) is 1. The summed E-state index contributed by atoms with van der Waals surface area (Å²) >= 11 is 13.4. The topological polar surface area (TPSA) is 29.1 Å². The van der Waals surface area contributed by atoms with Crippen molar-refractivity contribution in [3.8, 4) is 0 Å². The number of benzene rings is 1. The summed E-state index contributed by atoms with van der Waals surface area (Å²) in [4.78, 5) is 11.8. The van der Waals surface area contributed by atoms with E-state index < -0.39 is 0 Å². The fourth-order valence-corrected chi connectivity index (χ4v) is 3.56. The van der Waals surface area contributed by atoms with E-state index in [4.69, 9.17) is 23.2 Å². The third-order valence-corrected chi connectivity index (χ3v) is 5.38. The minimum absolute atomic E-state index is 0.0986. The second kappa shape index (κ2) is 9.49. The lowest BCUT2D eigenvalue weighted by Crippen LogP contribution is -2.26. The zero-order valence-corrected chi connectivity index (χ0v) is 14.9. The number of halogens is 2. The largest absolute Gasteiger partial charge is 0.355 e. The molecule has 1 N–H and O–H groups in total. The first kappa shape index (κ1) is 17.7. The van der Waals surface area contributed by atoms with E-state index in [0.29, 0.717) is 15.8 Å². The van der Waals surface area contributed by atoms with Crippen LogP contribution in [0.1, 0.15) is 37.7 Å². The fourth-order valence-electron chi connectivity index (χ4n) is 2.44. The van der Waals surface area contributed by atoms with Crippen molar-refractivity contribution in [2.45, 2.75) is 37.9 Å². The van der Waals surface area contributed by atoms with Gasteiger partial charge in [0.1, 0.15) is 0 Å². The molecule has 0 unspecified atom stereocenters. The average molecular weight is 358 g/mol. The minimum atomic E-state index is 0.0986. The van der Waals surface area contributed by atoms with E-state index >= 15 is 0 Å².